The minimum absolute atomic E-state index is 1.05. The van der Waals surface area contributed by atoms with Gasteiger partial charge in [0.15, 0.2) is 7.38 Å². The van der Waals surface area contributed by atoms with Crippen LogP contribution in [0.4, 0.5) is 26.3 Å². The molecule has 0 aromatic heterocycles. The summed E-state index contributed by atoms with van der Waals surface area (Å²) in [7, 11) is -2.79. The van der Waals surface area contributed by atoms with Crippen molar-refractivity contribution in [3.8, 4) is 0 Å². The fraction of sp³-hybridized carbons (Fsp3) is 1.00. The van der Waals surface area contributed by atoms with Crippen LogP contribution < -0.4 is 0 Å². The zero-order valence-electron chi connectivity index (χ0n) is 8.71. The SMILES string of the molecule is CC(OC(F)(F)C(F)(F)C(F)F)[Si](C)(C)Cl. The Bertz CT molecular complexity index is 242. The second kappa shape index (κ2) is 4.73. The maximum Gasteiger partial charge on any atom is 0.425 e. The molecule has 9 heteroatoms. The molecule has 0 bridgehead atoms. The Morgan fingerprint density at radius 1 is 1.12 bits per heavy atom. The molecule has 0 aliphatic carbocycles. The molecule has 1 unspecified atom stereocenters. The van der Waals surface area contributed by atoms with E-state index in [9.17, 15) is 26.3 Å². The van der Waals surface area contributed by atoms with Gasteiger partial charge in [0.05, 0.1) is 5.73 Å². The molecular weight excluding hydrogens is 278 g/mol. The van der Waals surface area contributed by atoms with Crippen LogP contribution in [0.1, 0.15) is 6.92 Å². The molecule has 0 fully saturated rings. The average molecular weight is 289 g/mol. The summed E-state index contributed by atoms with van der Waals surface area (Å²) in [5.41, 5.74) is -1.39. The maximum atomic E-state index is 12.7. The highest BCUT2D eigenvalue weighted by Gasteiger charge is 2.65. The summed E-state index contributed by atoms with van der Waals surface area (Å²) in [6.07, 6.45) is -9.74. The van der Waals surface area contributed by atoms with E-state index in [1.54, 1.807) is 0 Å². The highest BCUT2D eigenvalue weighted by molar-refractivity contribution is 7.19. The number of rotatable bonds is 5. The van der Waals surface area contributed by atoms with Gasteiger partial charge < -0.3 is 4.74 Å². The van der Waals surface area contributed by atoms with Gasteiger partial charge in [-0.05, 0) is 6.92 Å². The third-order valence-electron chi connectivity index (χ3n) is 1.95. The first kappa shape index (κ1) is 16.0. The first-order valence-electron chi connectivity index (χ1n) is 4.23. The predicted octanol–water partition coefficient (Wildman–Crippen LogP) is 3.87. The van der Waals surface area contributed by atoms with Crippen LogP contribution in [0.25, 0.3) is 0 Å². The minimum atomic E-state index is -5.53. The molecule has 1 nitrogen and oxygen atoms in total. The van der Waals surface area contributed by atoms with Crippen LogP contribution in [0.15, 0.2) is 0 Å². The van der Waals surface area contributed by atoms with Gasteiger partial charge in [0.25, 0.3) is 0 Å². The van der Waals surface area contributed by atoms with E-state index in [1.807, 2.05) is 0 Å². The van der Waals surface area contributed by atoms with E-state index in [-0.39, 0.29) is 0 Å². The molecule has 0 spiro atoms. The maximum absolute atomic E-state index is 12.7. The van der Waals surface area contributed by atoms with Gasteiger partial charge in [-0.3, -0.25) is 0 Å². The highest BCUT2D eigenvalue weighted by atomic mass is 35.6. The zero-order chi connectivity index (χ0) is 13.4. The Kier molecular flexibility index (Phi) is 4.75. The molecule has 0 saturated carbocycles. The van der Waals surface area contributed by atoms with Gasteiger partial charge in [-0.25, -0.2) is 8.78 Å². The molecule has 0 amide bonds. The lowest BCUT2D eigenvalue weighted by molar-refractivity contribution is -0.377. The van der Waals surface area contributed by atoms with Crippen LogP contribution in [0.5, 0.6) is 0 Å². The Morgan fingerprint density at radius 2 is 1.50 bits per heavy atom. The van der Waals surface area contributed by atoms with E-state index in [0.29, 0.717) is 0 Å². The lowest BCUT2D eigenvalue weighted by atomic mass is 10.3. The fourth-order valence-corrected chi connectivity index (χ4v) is 1.13. The van der Waals surface area contributed by atoms with Crippen molar-refractivity contribution in [1.82, 2.24) is 0 Å². The molecule has 0 heterocycles. The molecule has 98 valence electrons. The van der Waals surface area contributed by atoms with Gasteiger partial charge in [0.1, 0.15) is 0 Å². The van der Waals surface area contributed by atoms with Crippen molar-refractivity contribution < 1.29 is 31.1 Å². The predicted molar refractivity (Wildman–Crippen MR) is 49.8 cm³/mol. The monoisotopic (exact) mass is 288 g/mol. The van der Waals surface area contributed by atoms with Crippen LogP contribution in [0, 0.1) is 0 Å². The Labute approximate surface area is 94.4 Å². The number of hydrogen-bond donors (Lipinski definition) is 0. The zero-order valence-corrected chi connectivity index (χ0v) is 10.5. The molecule has 0 N–H and O–H groups in total. The normalized spacial score (nSPS) is 16.7. The van der Waals surface area contributed by atoms with E-state index in [4.69, 9.17) is 11.1 Å². The topological polar surface area (TPSA) is 9.23 Å². The van der Waals surface area contributed by atoms with E-state index >= 15 is 0 Å². The van der Waals surface area contributed by atoms with E-state index in [2.05, 4.69) is 4.74 Å². The molecule has 0 saturated heterocycles. The van der Waals surface area contributed by atoms with E-state index in [1.165, 1.54) is 13.1 Å². The fourth-order valence-electron chi connectivity index (χ4n) is 0.568. The molecule has 1 atom stereocenters. The summed E-state index contributed by atoms with van der Waals surface area (Å²) in [4.78, 5) is 0. The summed E-state index contributed by atoms with van der Waals surface area (Å²) in [6.45, 7) is 3.79. The second-order valence-corrected chi connectivity index (χ2v) is 10.6. The van der Waals surface area contributed by atoms with Crippen molar-refractivity contribution in [3.05, 3.63) is 0 Å². The standard InChI is InChI=1S/C7H11ClF6OSi/c1-4(16(2,3)8)15-7(13,14)6(11,12)5(9)10/h4-5H,1-3H3. The van der Waals surface area contributed by atoms with Crippen molar-refractivity contribution in [2.75, 3.05) is 0 Å². The van der Waals surface area contributed by atoms with E-state index in [0.717, 1.165) is 6.92 Å². The molecular formula is C7H11ClF6OSi. The summed E-state index contributed by atoms with van der Waals surface area (Å²) < 4.78 is 77.5. The Hall–Kier alpha value is 0.0469. The first-order valence-corrected chi connectivity index (χ1v) is 8.32. The molecule has 0 rings (SSSR count). The highest BCUT2D eigenvalue weighted by Crippen LogP contribution is 2.41. The van der Waals surface area contributed by atoms with Gasteiger partial charge in [0.2, 0.25) is 0 Å². The number of ether oxygens (including phenoxy) is 1. The second-order valence-electron chi connectivity index (χ2n) is 3.76. The van der Waals surface area contributed by atoms with Crippen molar-refractivity contribution in [2.24, 2.45) is 0 Å². The lowest BCUT2D eigenvalue weighted by Crippen LogP contribution is -2.52. The molecule has 0 aromatic carbocycles. The lowest BCUT2D eigenvalue weighted by Gasteiger charge is -2.31. The van der Waals surface area contributed by atoms with Crippen LogP contribution in [-0.2, 0) is 4.74 Å². The molecule has 0 aromatic rings. The third-order valence-corrected chi connectivity index (χ3v) is 4.93. The van der Waals surface area contributed by atoms with Gasteiger partial charge in [-0.15, -0.1) is 0 Å². The Balaban J connectivity index is 4.83. The smallest absolute Gasteiger partial charge is 0.314 e. The summed E-state index contributed by atoms with van der Waals surface area (Å²) in [6, 6.07) is 0. The largest absolute Gasteiger partial charge is 0.425 e. The summed E-state index contributed by atoms with van der Waals surface area (Å²) in [5, 5.41) is 0. The molecule has 0 aliphatic rings. The van der Waals surface area contributed by atoms with Crippen molar-refractivity contribution in [1.29, 1.82) is 0 Å². The molecule has 16 heavy (non-hydrogen) atoms. The van der Waals surface area contributed by atoms with Crippen molar-refractivity contribution >= 4 is 18.5 Å². The number of alkyl halides is 6. The van der Waals surface area contributed by atoms with E-state index < -0.39 is 31.6 Å². The summed E-state index contributed by atoms with van der Waals surface area (Å²) in [5.74, 6) is -5.53. The van der Waals surface area contributed by atoms with Crippen LogP contribution >= 0.6 is 11.1 Å². The Morgan fingerprint density at radius 3 is 1.75 bits per heavy atom. The summed E-state index contributed by atoms with van der Waals surface area (Å²) >= 11 is 5.67. The third kappa shape index (κ3) is 3.52. The quantitative estimate of drug-likeness (QED) is 0.424. The molecule has 0 radical (unpaired) electrons. The average Bonchev–Trinajstić information content (AvgIpc) is 2.00. The minimum Gasteiger partial charge on any atom is -0.314 e. The van der Waals surface area contributed by atoms with Crippen molar-refractivity contribution in [3.63, 3.8) is 0 Å². The van der Waals surface area contributed by atoms with Gasteiger partial charge in [0, 0.05) is 0 Å². The number of halogens is 7. The van der Waals surface area contributed by atoms with Gasteiger partial charge >= 0.3 is 18.5 Å². The van der Waals surface area contributed by atoms with Crippen LogP contribution in [0.2, 0.25) is 13.1 Å². The van der Waals surface area contributed by atoms with Gasteiger partial charge in [-0.2, -0.15) is 28.6 Å². The van der Waals surface area contributed by atoms with Gasteiger partial charge in [-0.1, -0.05) is 13.1 Å². The van der Waals surface area contributed by atoms with Crippen molar-refractivity contribution in [2.45, 2.75) is 44.2 Å². The van der Waals surface area contributed by atoms with Crippen LogP contribution in [0.3, 0.4) is 0 Å². The number of hydrogen-bond acceptors (Lipinski definition) is 1. The van der Waals surface area contributed by atoms with Crippen LogP contribution in [-0.4, -0.2) is 31.6 Å². The molecule has 0 aliphatic heterocycles. The first-order chi connectivity index (χ1) is 6.82.